The molecule has 0 bridgehead atoms. The molecule has 0 spiro atoms. The lowest BCUT2D eigenvalue weighted by atomic mass is 10.1. The van der Waals surface area contributed by atoms with Crippen LogP contribution in [0.1, 0.15) is 24.2 Å². The topological polar surface area (TPSA) is 58.6 Å². The molecule has 0 saturated carbocycles. The Hall–Kier alpha value is -2.33. The van der Waals surface area contributed by atoms with Crippen LogP contribution in [-0.2, 0) is 11.3 Å². The van der Waals surface area contributed by atoms with Gasteiger partial charge in [-0.25, -0.2) is 0 Å². The lowest BCUT2D eigenvalue weighted by Gasteiger charge is -2.09. The van der Waals surface area contributed by atoms with Crippen LogP contribution in [-0.4, -0.2) is 17.6 Å². The van der Waals surface area contributed by atoms with Crippen molar-refractivity contribution >= 4 is 5.91 Å². The summed E-state index contributed by atoms with van der Waals surface area (Å²) in [7, 11) is 0. The van der Waals surface area contributed by atoms with Crippen LogP contribution >= 0.6 is 0 Å². The van der Waals surface area contributed by atoms with E-state index in [-0.39, 0.29) is 12.5 Å². The molecule has 4 heteroatoms. The standard InChI is InChI=1S/C17H19NO3/c1-13(19)15-7-9-16(10-8-15)21-12-17(20)18-11-14-5-3-2-4-6-14/h2-10,13,19H,11-12H2,1H3,(H,18,20)/t13-/m0/s1. The van der Waals surface area contributed by atoms with E-state index in [2.05, 4.69) is 5.32 Å². The van der Waals surface area contributed by atoms with Crippen LogP contribution in [0, 0.1) is 0 Å². The molecule has 0 unspecified atom stereocenters. The summed E-state index contributed by atoms with van der Waals surface area (Å²) in [5.41, 5.74) is 1.86. The number of hydrogen-bond donors (Lipinski definition) is 2. The van der Waals surface area contributed by atoms with Crippen molar-refractivity contribution in [1.29, 1.82) is 0 Å². The smallest absolute Gasteiger partial charge is 0.258 e. The summed E-state index contributed by atoms with van der Waals surface area (Å²) in [6.07, 6.45) is -0.506. The average Bonchev–Trinajstić information content (AvgIpc) is 2.52. The second-order valence-corrected chi connectivity index (χ2v) is 4.80. The fourth-order valence-corrected chi connectivity index (χ4v) is 1.84. The normalized spacial score (nSPS) is 11.7. The summed E-state index contributed by atoms with van der Waals surface area (Å²) in [6, 6.07) is 16.8. The van der Waals surface area contributed by atoms with Gasteiger partial charge >= 0.3 is 0 Å². The van der Waals surface area contributed by atoms with Crippen molar-refractivity contribution < 1.29 is 14.6 Å². The maximum atomic E-state index is 11.7. The van der Waals surface area contributed by atoms with E-state index in [1.807, 2.05) is 30.3 Å². The van der Waals surface area contributed by atoms with E-state index in [4.69, 9.17) is 4.74 Å². The molecule has 0 saturated heterocycles. The van der Waals surface area contributed by atoms with Crippen molar-refractivity contribution in [3.8, 4) is 5.75 Å². The molecule has 0 aromatic heterocycles. The van der Waals surface area contributed by atoms with E-state index >= 15 is 0 Å². The molecule has 0 fully saturated rings. The minimum absolute atomic E-state index is 0.0269. The molecule has 2 N–H and O–H groups in total. The number of aliphatic hydroxyl groups is 1. The molecule has 110 valence electrons. The number of carbonyl (C=O) groups excluding carboxylic acids is 1. The highest BCUT2D eigenvalue weighted by atomic mass is 16.5. The van der Waals surface area contributed by atoms with Gasteiger partial charge in [-0.15, -0.1) is 0 Å². The summed E-state index contributed by atoms with van der Waals surface area (Å²) in [5, 5.41) is 12.2. The quantitative estimate of drug-likeness (QED) is 0.857. The third kappa shape index (κ3) is 4.93. The predicted molar refractivity (Wildman–Crippen MR) is 80.9 cm³/mol. The molecule has 1 amide bonds. The van der Waals surface area contributed by atoms with Crippen molar-refractivity contribution in [3.05, 3.63) is 65.7 Å². The van der Waals surface area contributed by atoms with Gasteiger partial charge in [0, 0.05) is 6.54 Å². The SMILES string of the molecule is C[C@H](O)c1ccc(OCC(=O)NCc2ccccc2)cc1. The number of ether oxygens (including phenoxy) is 1. The molecule has 0 aliphatic carbocycles. The number of carbonyl (C=O) groups is 1. The summed E-state index contributed by atoms with van der Waals surface area (Å²) in [6.45, 7) is 2.16. The first-order valence-corrected chi connectivity index (χ1v) is 6.86. The fraction of sp³-hybridized carbons (Fsp3) is 0.235. The second-order valence-electron chi connectivity index (χ2n) is 4.80. The Labute approximate surface area is 124 Å². The van der Waals surface area contributed by atoms with Crippen LogP contribution in [0.5, 0.6) is 5.75 Å². The summed E-state index contributed by atoms with van der Waals surface area (Å²) < 4.78 is 5.40. The molecule has 2 aromatic carbocycles. The monoisotopic (exact) mass is 285 g/mol. The van der Waals surface area contributed by atoms with Gasteiger partial charge in [-0.2, -0.15) is 0 Å². The zero-order valence-corrected chi connectivity index (χ0v) is 12.0. The maximum absolute atomic E-state index is 11.7. The molecular weight excluding hydrogens is 266 g/mol. The highest BCUT2D eigenvalue weighted by Gasteiger charge is 2.04. The van der Waals surface area contributed by atoms with Gasteiger partial charge < -0.3 is 15.2 Å². The number of nitrogens with one attached hydrogen (secondary N) is 1. The van der Waals surface area contributed by atoms with Gasteiger partial charge in [0.25, 0.3) is 5.91 Å². The van der Waals surface area contributed by atoms with Gasteiger partial charge in [0.15, 0.2) is 6.61 Å². The lowest BCUT2D eigenvalue weighted by molar-refractivity contribution is -0.123. The van der Waals surface area contributed by atoms with Crippen molar-refractivity contribution in [2.45, 2.75) is 19.6 Å². The molecule has 4 nitrogen and oxygen atoms in total. The summed E-state index contributed by atoms with van der Waals surface area (Å²) in [4.78, 5) is 11.7. The van der Waals surface area contributed by atoms with Crippen LogP contribution in [0.4, 0.5) is 0 Å². The van der Waals surface area contributed by atoms with E-state index in [1.165, 1.54) is 0 Å². The molecule has 0 aliphatic rings. The fourth-order valence-electron chi connectivity index (χ4n) is 1.84. The van der Waals surface area contributed by atoms with Gasteiger partial charge in [0.05, 0.1) is 6.10 Å². The third-order valence-corrected chi connectivity index (χ3v) is 3.06. The van der Waals surface area contributed by atoms with Crippen LogP contribution in [0.15, 0.2) is 54.6 Å². The van der Waals surface area contributed by atoms with Gasteiger partial charge in [0.2, 0.25) is 0 Å². The highest BCUT2D eigenvalue weighted by molar-refractivity contribution is 5.77. The first-order chi connectivity index (χ1) is 10.1. The van der Waals surface area contributed by atoms with Crippen molar-refractivity contribution in [1.82, 2.24) is 5.32 Å². The molecule has 0 heterocycles. The molecule has 2 aromatic rings. The summed E-state index contributed by atoms with van der Waals surface area (Å²) in [5.74, 6) is 0.438. The van der Waals surface area contributed by atoms with Gasteiger partial charge in [-0.05, 0) is 30.2 Å². The molecule has 1 atom stereocenters. The second kappa shape index (κ2) is 7.45. The van der Waals surface area contributed by atoms with Gasteiger partial charge in [0.1, 0.15) is 5.75 Å². The lowest BCUT2D eigenvalue weighted by Crippen LogP contribution is -2.28. The maximum Gasteiger partial charge on any atom is 0.258 e. The number of benzene rings is 2. The van der Waals surface area contributed by atoms with Gasteiger partial charge in [-0.1, -0.05) is 42.5 Å². The molecule has 0 radical (unpaired) electrons. The van der Waals surface area contributed by atoms with E-state index in [1.54, 1.807) is 31.2 Å². The Kier molecular flexibility index (Phi) is 5.35. The van der Waals surface area contributed by atoms with E-state index in [9.17, 15) is 9.90 Å². The zero-order chi connectivity index (χ0) is 15.1. The number of amides is 1. The predicted octanol–water partition coefficient (Wildman–Crippen LogP) is 2.44. The minimum Gasteiger partial charge on any atom is -0.484 e. The third-order valence-electron chi connectivity index (χ3n) is 3.06. The van der Waals surface area contributed by atoms with Crippen LogP contribution in [0.25, 0.3) is 0 Å². The van der Waals surface area contributed by atoms with Crippen molar-refractivity contribution in [2.75, 3.05) is 6.61 Å². The summed E-state index contributed by atoms with van der Waals surface area (Å²) >= 11 is 0. The number of hydrogen-bond acceptors (Lipinski definition) is 3. The highest BCUT2D eigenvalue weighted by Crippen LogP contribution is 2.17. The van der Waals surface area contributed by atoms with Crippen LogP contribution < -0.4 is 10.1 Å². The van der Waals surface area contributed by atoms with Crippen LogP contribution in [0.2, 0.25) is 0 Å². The average molecular weight is 285 g/mol. The number of rotatable bonds is 6. The van der Waals surface area contributed by atoms with E-state index < -0.39 is 6.10 Å². The van der Waals surface area contributed by atoms with E-state index in [0.717, 1.165) is 11.1 Å². The Morgan fingerprint density at radius 1 is 1.14 bits per heavy atom. The Morgan fingerprint density at radius 3 is 2.43 bits per heavy atom. The first kappa shape index (κ1) is 15.1. The van der Waals surface area contributed by atoms with Crippen molar-refractivity contribution in [3.63, 3.8) is 0 Å². The Bertz CT molecular complexity index is 564. The molecule has 21 heavy (non-hydrogen) atoms. The zero-order valence-electron chi connectivity index (χ0n) is 12.0. The number of aliphatic hydroxyl groups excluding tert-OH is 1. The molecule has 0 aliphatic heterocycles. The van der Waals surface area contributed by atoms with Gasteiger partial charge in [-0.3, -0.25) is 4.79 Å². The van der Waals surface area contributed by atoms with E-state index in [0.29, 0.717) is 12.3 Å². The molecule has 2 rings (SSSR count). The minimum atomic E-state index is -0.506. The molecular formula is C17H19NO3. The Morgan fingerprint density at radius 2 is 1.81 bits per heavy atom. The van der Waals surface area contributed by atoms with Crippen LogP contribution in [0.3, 0.4) is 0 Å². The Balaban J connectivity index is 1.76. The first-order valence-electron chi connectivity index (χ1n) is 6.86. The van der Waals surface area contributed by atoms with Crippen molar-refractivity contribution in [2.24, 2.45) is 0 Å². The largest absolute Gasteiger partial charge is 0.484 e.